The Hall–Kier alpha value is -0.170. The van der Waals surface area contributed by atoms with E-state index in [0.29, 0.717) is 30.8 Å². The van der Waals surface area contributed by atoms with Crippen LogP contribution >= 0.6 is 0 Å². The summed E-state index contributed by atoms with van der Waals surface area (Å²) < 4.78 is 26.7. The Morgan fingerprint density at radius 2 is 1.89 bits per heavy atom. The van der Waals surface area contributed by atoms with Crippen LogP contribution in [0.3, 0.4) is 0 Å². The Labute approximate surface area is 117 Å². The molecule has 6 heteroatoms. The first kappa shape index (κ1) is 15.2. The summed E-state index contributed by atoms with van der Waals surface area (Å²) in [7, 11) is 1.00. The van der Waals surface area contributed by atoms with E-state index in [1.165, 1.54) is 0 Å². The Bertz CT molecular complexity index is 377. The number of piperidine rings is 2. The predicted octanol–water partition coefficient (Wildman–Crippen LogP) is 0.342. The van der Waals surface area contributed by atoms with Crippen molar-refractivity contribution in [1.29, 1.82) is 0 Å². The van der Waals surface area contributed by atoms with E-state index >= 15 is 0 Å². The standard InChI is InChI=1S/C13H27N3O2S/c1-15(2)13-4-3-9-16(10-13)19(17,18)11-12-5-7-14-8-6-12/h12-14H,3-11H2,1-2H3. The molecule has 0 spiro atoms. The molecule has 0 aromatic heterocycles. The fraction of sp³-hybridized carbons (Fsp3) is 1.00. The summed E-state index contributed by atoms with van der Waals surface area (Å²) in [6.07, 6.45) is 4.06. The van der Waals surface area contributed by atoms with Crippen LogP contribution in [0.25, 0.3) is 0 Å². The molecule has 0 aliphatic carbocycles. The summed E-state index contributed by atoms with van der Waals surface area (Å²) in [6.45, 7) is 3.29. The summed E-state index contributed by atoms with van der Waals surface area (Å²) in [5, 5.41) is 3.29. The Kier molecular flexibility index (Phi) is 5.22. The lowest BCUT2D eigenvalue weighted by Crippen LogP contribution is -2.49. The second-order valence-corrected chi connectivity index (χ2v) is 8.10. The molecule has 2 aliphatic rings. The second kappa shape index (κ2) is 6.52. The minimum absolute atomic E-state index is 0.339. The summed E-state index contributed by atoms with van der Waals surface area (Å²) in [5.41, 5.74) is 0. The van der Waals surface area contributed by atoms with Crippen molar-refractivity contribution < 1.29 is 8.42 Å². The van der Waals surface area contributed by atoms with Crippen molar-refractivity contribution in [3.63, 3.8) is 0 Å². The van der Waals surface area contributed by atoms with E-state index in [-0.39, 0.29) is 0 Å². The summed E-state index contributed by atoms with van der Waals surface area (Å²) in [5.74, 6) is 0.681. The smallest absolute Gasteiger partial charge is 0.214 e. The largest absolute Gasteiger partial charge is 0.317 e. The molecule has 1 N–H and O–H groups in total. The maximum Gasteiger partial charge on any atom is 0.214 e. The van der Waals surface area contributed by atoms with Gasteiger partial charge in [-0.3, -0.25) is 0 Å². The maximum atomic E-state index is 12.5. The van der Waals surface area contributed by atoms with Gasteiger partial charge in [0.2, 0.25) is 10.0 Å². The number of rotatable bonds is 4. The fourth-order valence-electron chi connectivity index (χ4n) is 3.05. The van der Waals surface area contributed by atoms with Gasteiger partial charge in [0.15, 0.2) is 0 Å². The van der Waals surface area contributed by atoms with Crippen molar-refractivity contribution in [1.82, 2.24) is 14.5 Å². The van der Waals surface area contributed by atoms with Crippen molar-refractivity contribution in [2.24, 2.45) is 5.92 Å². The van der Waals surface area contributed by atoms with Crippen LogP contribution < -0.4 is 5.32 Å². The second-order valence-electron chi connectivity index (χ2n) is 6.09. The quantitative estimate of drug-likeness (QED) is 0.811. The zero-order valence-corrected chi connectivity index (χ0v) is 13.0. The van der Waals surface area contributed by atoms with Crippen LogP contribution in [0.5, 0.6) is 0 Å². The van der Waals surface area contributed by atoms with E-state index in [1.54, 1.807) is 4.31 Å². The van der Waals surface area contributed by atoms with Crippen LogP contribution in [0.2, 0.25) is 0 Å². The van der Waals surface area contributed by atoms with Crippen LogP contribution in [-0.2, 0) is 10.0 Å². The SMILES string of the molecule is CN(C)C1CCCN(S(=O)(=O)CC2CCNCC2)C1. The Morgan fingerprint density at radius 1 is 1.21 bits per heavy atom. The molecular weight excluding hydrogens is 262 g/mol. The van der Waals surface area contributed by atoms with E-state index in [1.807, 2.05) is 14.1 Å². The van der Waals surface area contributed by atoms with Crippen LogP contribution in [-0.4, -0.2) is 69.7 Å². The monoisotopic (exact) mass is 289 g/mol. The van der Waals surface area contributed by atoms with E-state index in [2.05, 4.69) is 10.2 Å². The average molecular weight is 289 g/mol. The minimum atomic E-state index is -3.07. The molecule has 0 aromatic carbocycles. The lowest BCUT2D eigenvalue weighted by molar-refractivity contribution is 0.189. The lowest BCUT2D eigenvalue weighted by Gasteiger charge is -2.36. The highest BCUT2D eigenvalue weighted by molar-refractivity contribution is 7.89. The zero-order chi connectivity index (χ0) is 13.9. The number of sulfonamides is 1. The molecule has 1 atom stereocenters. The molecule has 2 fully saturated rings. The van der Waals surface area contributed by atoms with Gasteiger partial charge in [0, 0.05) is 19.1 Å². The van der Waals surface area contributed by atoms with Gasteiger partial charge >= 0.3 is 0 Å². The highest BCUT2D eigenvalue weighted by atomic mass is 32.2. The molecule has 0 radical (unpaired) electrons. The van der Waals surface area contributed by atoms with Crippen molar-refractivity contribution in [3.8, 4) is 0 Å². The van der Waals surface area contributed by atoms with Crippen molar-refractivity contribution >= 4 is 10.0 Å². The molecule has 2 aliphatic heterocycles. The van der Waals surface area contributed by atoms with E-state index in [0.717, 1.165) is 38.8 Å². The first-order valence-corrected chi connectivity index (χ1v) is 8.95. The molecule has 0 aromatic rings. The molecule has 1 unspecified atom stereocenters. The number of nitrogens with one attached hydrogen (secondary N) is 1. The third-order valence-corrected chi connectivity index (χ3v) is 6.40. The third-order valence-electron chi connectivity index (χ3n) is 4.39. The maximum absolute atomic E-state index is 12.5. The number of hydrogen-bond acceptors (Lipinski definition) is 4. The van der Waals surface area contributed by atoms with Gasteiger partial charge in [-0.2, -0.15) is 0 Å². The molecule has 5 nitrogen and oxygen atoms in total. The van der Waals surface area contributed by atoms with Gasteiger partial charge in [-0.25, -0.2) is 12.7 Å². The average Bonchev–Trinajstić information content (AvgIpc) is 2.39. The zero-order valence-electron chi connectivity index (χ0n) is 12.1. The van der Waals surface area contributed by atoms with Crippen molar-refractivity contribution in [2.45, 2.75) is 31.7 Å². The first-order chi connectivity index (χ1) is 8.99. The molecule has 2 heterocycles. The van der Waals surface area contributed by atoms with Gasteiger partial charge in [-0.15, -0.1) is 0 Å². The molecule has 2 saturated heterocycles. The van der Waals surface area contributed by atoms with Crippen LogP contribution in [0.1, 0.15) is 25.7 Å². The number of hydrogen-bond donors (Lipinski definition) is 1. The number of likely N-dealkylation sites (N-methyl/N-ethyl adjacent to an activating group) is 1. The lowest BCUT2D eigenvalue weighted by atomic mass is 10.0. The van der Waals surface area contributed by atoms with E-state index in [4.69, 9.17) is 0 Å². The minimum Gasteiger partial charge on any atom is -0.317 e. The molecule has 0 saturated carbocycles. The molecule has 0 bridgehead atoms. The molecule has 2 rings (SSSR count). The fourth-order valence-corrected chi connectivity index (χ4v) is 4.99. The van der Waals surface area contributed by atoms with Crippen LogP contribution in [0.15, 0.2) is 0 Å². The number of nitrogens with zero attached hydrogens (tertiary/aromatic N) is 2. The first-order valence-electron chi connectivity index (χ1n) is 7.34. The molecule has 0 amide bonds. The van der Waals surface area contributed by atoms with E-state index in [9.17, 15) is 8.42 Å². The van der Waals surface area contributed by atoms with Gasteiger partial charge < -0.3 is 10.2 Å². The van der Waals surface area contributed by atoms with Gasteiger partial charge in [0.25, 0.3) is 0 Å². The topological polar surface area (TPSA) is 52.7 Å². The predicted molar refractivity (Wildman–Crippen MR) is 77.7 cm³/mol. The van der Waals surface area contributed by atoms with Gasteiger partial charge in [-0.05, 0) is 58.8 Å². The summed E-state index contributed by atoms with van der Waals surface area (Å²) in [6, 6.07) is 0.372. The van der Waals surface area contributed by atoms with Crippen molar-refractivity contribution in [3.05, 3.63) is 0 Å². The highest BCUT2D eigenvalue weighted by Gasteiger charge is 2.31. The van der Waals surface area contributed by atoms with E-state index < -0.39 is 10.0 Å². The summed E-state index contributed by atoms with van der Waals surface area (Å²) in [4.78, 5) is 2.15. The van der Waals surface area contributed by atoms with Crippen LogP contribution in [0.4, 0.5) is 0 Å². The highest BCUT2D eigenvalue weighted by Crippen LogP contribution is 2.21. The molecular formula is C13H27N3O2S. The third kappa shape index (κ3) is 4.15. The molecule has 112 valence electrons. The normalized spacial score (nSPS) is 27.8. The van der Waals surface area contributed by atoms with Gasteiger partial charge in [-0.1, -0.05) is 0 Å². The Balaban J connectivity index is 1.94. The summed E-state index contributed by atoms with van der Waals surface area (Å²) >= 11 is 0. The van der Waals surface area contributed by atoms with Gasteiger partial charge in [0.05, 0.1) is 5.75 Å². The molecule has 19 heavy (non-hydrogen) atoms. The van der Waals surface area contributed by atoms with Crippen LogP contribution in [0, 0.1) is 5.92 Å². The Morgan fingerprint density at radius 3 is 2.53 bits per heavy atom. The van der Waals surface area contributed by atoms with Crippen molar-refractivity contribution in [2.75, 3.05) is 46.0 Å². The van der Waals surface area contributed by atoms with Gasteiger partial charge in [0.1, 0.15) is 0 Å².